The lowest BCUT2D eigenvalue weighted by Crippen LogP contribution is -2.37. The maximum absolute atomic E-state index is 11.9. The van der Waals surface area contributed by atoms with Crippen LogP contribution in [0.1, 0.15) is 27.7 Å². The highest BCUT2D eigenvalue weighted by atomic mass is 16.6. The summed E-state index contributed by atoms with van der Waals surface area (Å²) < 4.78 is 5.28. The number of allylic oxidation sites excluding steroid dienone is 1. The summed E-state index contributed by atoms with van der Waals surface area (Å²) >= 11 is 0. The van der Waals surface area contributed by atoms with E-state index in [1.54, 1.807) is 20.8 Å². The Morgan fingerprint density at radius 2 is 2.28 bits per heavy atom. The number of nitriles is 1. The van der Waals surface area contributed by atoms with Gasteiger partial charge in [0.2, 0.25) is 0 Å². The summed E-state index contributed by atoms with van der Waals surface area (Å²) in [5.41, 5.74) is -0.334. The Morgan fingerprint density at radius 1 is 1.67 bits per heavy atom. The summed E-state index contributed by atoms with van der Waals surface area (Å²) in [4.78, 5) is 13.4. The first-order valence-corrected chi connectivity index (χ1v) is 5.90. The molecule has 18 heavy (non-hydrogen) atoms. The number of carbonyl (C=O) groups excluding carboxylic acids is 1. The molecule has 5 nitrogen and oxygen atoms in total. The van der Waals surface area contributed by atoms with Gasteiger partial charge in [0.1, 0.15) is 5.60 Å². The minimum atomic E-state index is -0.549. The number of hydrogen-bond acceptors (Lipinski definition) is 4. The molecule has 0 spiro atoms. The first kappa shape index (κ1) is 14.5. The van der Waals surface area contributed by atoms with Gasteiger partial charge in [0, 0.05) is 24.6 Å². The first-order valence-electron chi connectivity index (χ1n) is 5.90. The van der Waals surface area contributed by atoms with Gasteiger partial charge < -0.3 is 14.7 Å². The van der Waals surface area contributed by atoms with E-state index in [1.165, 1.54) is 11.0 Å². The molecule has 0 radical (unpaired) electrons. The fourth-order valence-electron chi connectivity index (χ4n) is 1.88. The molecule has 0 aromatic carbocycles. The van der Waals surface area contributed by atoms with Gasteiger partial charge in [0.25, 0.3) is 0 Å². The number of aliphatic hydroxyl groups is 1. The number of carbonyl (C=O) groups is 1. The van der Waals surface area contributed by atoms with Gasteiger partial charge in [-0.2, -0.15) is 5.26 Å². The lowest BCUT2D eigenvalue weighted by molar-refractivity contribution is 0.0262. The third kappa shape index (κ3) is 3.23. The highest BCUT2D eigenvalue weighted by Gasteiger charge is 2.41. The molecule has 5 heteroatoms. The number of hydrogen-bond donors (Lipinski definition) is 1. The molecule has 1 fully saturated rings. The molecule has 0 aromatic rings. The van der Waals surface area contributed by atoms with Crippen LogP contribution in [0.25, 0.3) is 0 Å². The molecular weight excluding hydrogens is 232 g/mol. The molecule has 100 valence electrons. The maximum atomic E-state index is 11.9. The number of rotatable bonds is 1. The maximum Gasteiger partial charge on any atom is 0.410 e. The number of aliphatic hydroxyl groups excluding tert-OH is 1. The van der Waals surface area contributed by atoms with Crippen molar-refractivity contribution in [3.8, 4) is 6.07 Å². The molecule has 1 rings (SSSR count). The van der Waals surface area contributed by atoms with E-state index in [9.17, 15) is 9.90 Å². The molecule has 0 bridgehead atoms. The van der Waals surface area contributed by atoms with Crippen molar-refractivity contribution in [1.29, 1.82) is 5.26 Å². The summed E-state index contributed by atoms with van der Waals surface area (Å²) in [5.74, 6) is 0. The molecule has 0 aliphatic carbocycles. The topological polar surface area (TPSA) is 73.6 Å². The lowest BCUT2D eigenvalue weighted by Gasteiger charge is -2.25. The van der Waals surface area contributed by atoms with Gasteiger partial charge in [0.15, 0.2) is 0 Å². The molecule has 0 unspecified atom stereocenters. The molecular formula is C13H20N2O3. The van der Waals surface area contributed by atoms with E-state index in [4.69, 9.17) is 10.00 Å². The summed E-state index contributed by atoms with van der Waals surface area (Å²) in [5, 5.41) is 18.1. The Morgan fingerprint density at radius 3 is 2.72 bits per heavy atom. The number of amides is 1. The monoisotopic (exact) mass is 252 g/mol. The highest BCUT2D eigenvalue weighted by Crippen LogP contribution is 2.35. The highest BCUT2D eigenvalue weighted by molar-refractivity contribution is 5.69. The Kier molecular flexibility index (Phi) is 4.02. The van der Waals surface area contributed by atoms with Crippen LogP contribution in [0.5, 0.6) is 0 Å². The van der Waals surface area contributed by atoms with Gasteiger partial charge in [-0.15, -0.1) is 0 Å². The summed E-state index contributed by atoms with van der Waals surface area (Å²) in [7, 11) is 0. The van der Waals surface area contributed by atoms with Crippen molar-refractivity contribution < 1.29 is 14.6 Å². The molecule has 1 aliphatic rings. The van der Waals surface area contributed by atoms with E-state index in [0.29, 0.717) is 13.1 Å². The van der Waals surface area contributed by atoms with Gasteiger partial charge >= 0.3 is 6.09 Å². The third-order valence-corrected chi connectivity index (χ3v) is 2.92. The Balaban J connectivity index is 2.83. The minimum Gasteiger partial charge on any atom is -0.444 e. The predicted molar refractivity (Wildman–Crippen MR) is 66.7 cm³/mol. The van der Waals surface area contributed by atoms with Gasteiger partial charge in [-0.1, -0.05) is 6.92 Å². The quantitative estimate of drug-likeness (QED) is 0.721. The first-order chi connectivity index (χ1) is 8.22. The minimum absolute atomic E-state index is 0.0974. The fraction of sp³-hybridized carbons (Fsp3) is 0.692. The van der Waals surface area contributed by atoms with Crippen LogP contribution in [0.15, 0.2) is 11.6 Å². The van der Waals surface area contributed by atoms with E-state index >= 15 is 0 Å². The van der Waals surface area contributed by atoms with Crippen molar-refractivity contribution >= 4 is 6.09 Å². The molecule has 1 aliphatic heterocycles. The van der Waals surface area contributed by atoms with E-state index < -0.39 is 17.1 Å². The van der Waals surface area contributed by atoms with Gasteiger partial charge in [-0.3, -0.25) is 0 Å². The van der Waals surface area contributed by atoms with Crippen LogP contribution in [-0.4, -0.2) is 41.4 Å². The van der Waals surface area contributed by atoms with Crippen molar-refractivity contribution in [2.45, 2.75) is 33.3 Å². The van der Waals surface area contributed by atoms with Crippen LogP contribution < -0.4 is 0 Å². The molecule has 1 atom stereocenters. The Labute approximate surface area is 108 Å². The summed E-state index contributed by atoms with van der Waals surface area (Å²) in [6.45, 7) is 7.85. The number of likely N-dealkylation sites (tertiary alicyclic amines) is 1. The van der Waals surface area contributed by atoms with Crippen molar-refractivity contribution in [1.82, 2.24) is 4.90 Å². The second kappa shape index (κ2) is 4.99. The second-order valence-electron chi connectivity index (χ2n) is 5.85. The van der Waals surface area contributed by atoms with E-state index in [2.05, 4.69) is 0 Å². The van der Waals surface area contributed by atoms with Crippen molar-refractivity contribution in [2.75, 3.05) is 19.7 Å². The van der Waals surface area contributed by atoms with Crippen LogP contribution in [0, 0.1) is 16.7 Å². The van der Waals surface area contributed by atoms with Crippen LogP contribution in [0.4, 0.5) is 4.79 Å². The average Bonchev–Trinajstić information content (AvgIpc) is 2.56. The van der Waals surface area contributed by atoms with Crippen LogP contribution >= 0.6 is 0 Å². The van der Waals surface area contributed by atoms with E-state index in [0.717, 1.165) is 5.57 Å². The average molecular weight is 252 g/mol. The predicted octanol–water partition coefficient (Wildman–Crippen LogP) is 1.69. The fourth-order valence-corrected chi connectivity index (χ4v) is 1.88. The molecule has 1 amide bonds. The Hall–Kier alpha value is -1.54. The molecule has 0 aromatic heterocycles. The SMILES string of the molecule is CC(C)(C)OC(=O)N1CC(=CC#N)[C@](C)(CO)C1. The van der Waals surface area contributed by atoms with Crippen LogP contribution in [0.3, 0.4) is 0 Å². The normalized spacial score (nSPS) is 26.2. The van der Waals surface area contributed by atoms with Gasteiger partial charge in [-0.25, -0.2) is 4.79 Å². The zero-order valence-corrected chi connectivity index (χ0v) is 11.4. The molecule has 0 saturated carbocycles. The lowest BCUT2D eigenvalue weighted by atomic mass is 9.86. The third-order valence-electron chi connectivity index (χ3n) is 2.92. The largest absolute Gasteiger partial charge is 0.444 e. The second-order valence-corrected chi connectivity index (χ2v) is 5.85. The van der Waals surface area contributed by atoms with E-state index in [-0.39, 0.29) is 6.61 Å². The van der Waals surface area contributed by atoms with Crippen molar-refractivity contribution in [2.24, 2.45) is 5.41 Å². The van der Waals surface area contributed by atoms with Gasteiger partial charge in [-0.05, 0) is 26.3 Å². The molecule has 1 saturated heterocycles. The summed E-state index contributed by atoms with van der Waals surface area (Å²) in [6, 6.07) is 1.95. The molecule has 1 heterocycles. The number of ether oxygens (including phenoxy) is 1. The van der Waals surface area contributed by atoms with Crippen LogP contribution in [-0.2, 0) is 4.74 Å². The molecule has 1 N–H and O–H groups in total. The Bertz CT molecular complexity index is 403. The number of nitrogens with zero attached hydrogens (tertiary/aromatic N) is 2. The summed E-state index contributed by atoms with van der Waals surface area (Å²) in [6.07, 6.45) is 0.990. The van der Waals surface area contributed by atoms with E-state index in [1.807, 2.05) is 13.0 Å². The standard InChI is InChI=1S/C13H20N2O3/c1-12(2,3)18-11(17)15-7-10(5-6-14)13(4,8-15)9-16/h5,16H,7-9H2,1-4H3/t13-/m0/s1. The smallest absolute Gasteiger partial charge is 0.410 e. The zero-order chi connectivity index (χ0) is 14.0. The van der Waals surface area contributed by atoms with Gasteiger partial charge in [0.05, 0.1) is 12.7 Å². The zero-order valence-electron chi connectivity index (χ0n) is 11.4. The van der Waals surface area contributed by atoms with Crippen LogP contribution in [0.2, 0.25) is 0 Å². The van der Waals surface area contributed by atoms with Crippen molar-refractivity contribution in [3.63, 3.8) is 0 Å². The van der Waals surface area contributed by atoms with Crippen molar-refractivity contribution in [3.05, 3.63) is 11.6 Å².